The van der Waals surface area contributed by atoms with Crippen molar-refractivity contribution in [2.75, 3.05) is 6.16 Å². The Hall–Kier alpha value is 0.430. The number of hydrogen-bond acceptors (Lipinski definition) is 0. The Balaban J connectivity index is 1.49. The first-order chi connectivity index (χ1) is 8.25. The minimum Gasteiger partial charge on any atom is -0.0953 e. The smallest absolute Gasteiger partial charge is 0.000418 e. The van der Waals surface area contributed by atoms with Crippen LogP contribution >= 0.6 is 7.92 Å². The molecule has 3 fully saturated rings. The average molecular weight is 252 g/mol. The minimum absolute atomic E-state index is 0.493. The Kier molecular flexibility index (Phi) is 3.55. The third-order valence-electron chi connectivity index (χ3n) is 5.72. The predicted molar refractivity (Wildman–Crippen MR) is 78.2 cm³/mol. The van der Waals surface area contributed by atoms with E-state index in [9.17, 15) is 0 Å². The molecule has 1 saturated heterocycles. The quantitative estimate of drug-likeness (QED) is 0.454. The molecule has 4 unspecified atom stereocenters. The van der Waals surface area contributed by atoms with E-state index in [-0.39, 0.29) is 0 Å². The van der Waals surface area contributed by atoms with Crippen LogP contribution in [0, 0.1) is 11.8 Å². The van der Waals surface area contributed by atoms with Crippen LogP contribution in [0.2, 0.25) is 0 Å². The second kappa shape index (κ2) is 4.84. The van der Waals surface area contributed by atoms with E-state index >= 15 is 0 Å². The Morgan fingerprint density at radius 2 is 1.94 bits per heavy atom. The van der Waals surface area contributed by atoms with E-state index in [2.05, 4.69) is 13.8 Å². The summed E-state index contributed by atoms with van der Waals surface area (Å²) in [5.74, 6) is 2.11. The molecule has 0 N–H and O–H groups in total. The van der Waals surface area contributed by atoms with Gasteiger partial charge in [0.15, 0.2) is 0 Å². The SMILES string of the molecule is CC(C)CCCCP1C2CCCC3CCCC321. The van der Waals surface area contributed by atoms with Crippen molar-refractivity contribution < 1.29 is 0 Å². The highest BCUT2D eigenvalue weighted by molar-refractivity contribution is 7.68. The van der Waals surface area contributed by atoms with Crippen molar-refractivity contribution in [3.8, 4) is 0 Å². The molecule has 0 amide bonds. The van der Waals surface area contributed by atoms with Gasteiger partial charge in [0.05, 0.1) is 0 Å². The summed E-state index contributed by atoms with van der Waals surface area (Å²) in [5, 5.41) is 0.978. The van der Waals surface area contributed by atoms with Gasteiger partial charge in [-0.25, -0.2) is 0 Å². The topological polar surface area (TPSA) is 0 Å². The molecule has 1 heteroatoms. The van der Waals surface area contributed by atoms with E-state index in [1.54, 1.807) is 51.1 Å². The summed E-state index contributed by atoms with van der Waals surface area (Å²) in [4.78, 5) is 0. The highest BCUT2D eigenvalue weighted by Crippen LogP contribution is 2.85. The molecule has 2 saturated carbocycles. The van der Waals surface area contributed by atoms with Crippen molar-refractivity contribution in [2.24, 2.45) is 11.8 Å². The van der Waals surface area contributed by atoms with Crippen LogP contribution in [0.1, 0.15) is 71.6 Å². The van der Waals surface area contributed by atoms with Crippen molar-refractivity contribution in [3.63, 3.8) is 0 Å². The molecular formula is C16H29P. The second-order valence-corrected chi connectivity index (χ2v) is 9.95. The molecule has 3 aliphatic rings. The summed E-state index contributed by atoms with van der Waals surface area (Å²) in [6.07, 6.45) is 15.8. The fourth-order valence-electron chi connectivity index (χ4n) is 4.93. The van der Waals surface area contributed by atoms with Crippen LogP contribution in [0.25, 0.3) is 0 Å². The summed E-state index contributed by atoms with van der Waals surface area (Å²) in [5.41, 5.74) is 1.25. The zero-order valence-corrected chi connectivity index (χ0v) is 12.6. The van der Waals surface area contributed by atoms with Gasteiger partial charge in [-0.1, -0.05) is 47.5 Å². The lowest BCUT2D eigenvalue weighted by molar-refractivity contribution is 0.362. The first-order valence-electron chi connectivity index (χ1n) is 8.02. The lowest BCUT2D eigenvalue weighted by atomic mass is 9.82. The van der Waals surface area contributed by atoms with Gasteiger partial charge >= 0.3 is 0 Å². The lowest BCUT2D eigenvalue weighted by Crippen LogP contribution is -2.24. The Labute approximate surface area is 109 Å². The standard InChI is InChI=1S/C16H29P/c1-13(2)7-3-4-12-17-15-10-5-8-14-9-6-11-16(14,15)17/h13-15H,3-12H2,1-2H3. The Morgan fingerprint density at radius 3 is 2.76 bits per heavy atom. The maximum Gasteiger partial charge on any atom is 0.000418 e. The Morgan fingerprint density at radius 1 is 1.12 bits per heavy atom. The molecule has 3 rings (SSSR count). The maximum atomic E-state index is 2.37. The monoisotopic (exact) mass is 252 g/mol. The van der Waals surface area contributed by atoms with E-state index in [1.807, 2.05) is 0 Å². The van der Waals surface area contributed by atoms with Crippen LogP contribution in [0.15, 0.2) is 0 Å². The van der Waals surface area contributed by atoms with E-state index in [0.717, 1.165) is 11.1 Å². The van der Waals surface area contributed by atoms with Gasteiger partial charge in [-0.15, -0.1) is 0 Å². The van der Waals surface area contributed by atoms with Crippen molar-refractivity contribution >= 4 is 7.92 Å². The molecule has 0 radical (unpaired) electrons. The average Bonchev–Trinajstić information content (AvgIpc) is 2.72. The van der Waals surface area contributed by atoms with Crippen LogP contribution in [-0.4, -0.2) is 17.0 Å². The summed E-state index contributed by atoms with van der Waals surface area (Å²) in [6, 6.07) is 0. The molecule has 17 heavy (non-hydrogen) atoms. The van der Waals surface area contributed by atoms with E-state index in [0.29, 0.717) is 7.92 Å². The molecule has 2 aliphatic carbocycles. The first kappa shape index (κ1) is 12.5. The van der Waals surface area contributed by atoms with Gasteiger partial charge in [0.1, 0.15) is 0 Å². The van der Waals surface area contributed by atoms with Gasteiger partial charge in [0.2, 0.25) is 0 Å². The molecule has 0 aromatic rings. The van der Waals surface area contributed by atoms with Crippen LogP contribution in [0.5, 0.6) is 0 Å². The highest BCUT2D eigenvalue weighted by Gasteiger charge is 2.68. The first-order valence-corrected chi connectivity index (χ1v) is 9.61. The van der Waals surface area contributed by atoms with Gasteiger partial charge in [0.25, 0.3) is 0 Å². The van der Waals surface area contributed by atoms with Gasteiger partial charge in [0, 0.05) is 5.16 Å². The zero-order valence-electron chi connectivity index (χ0n) is 11.8. The van der Waals surface area contributed by atoms with Crippen LogP contribution in [0.4, 0.5) is 0 Å². The summed E-state index contributed by atoms with van der Waals surface area (Å²) in [6.45, 7) is 4.74. The van der Waals surface area contributed by atoms with Gasteiger partial charge in [-0.2, -0.15) is 0 Å². The summed E-state index contributed by atoms with van der Waals surface area (Å²) < 4.78 is 0. The molecule has 1 heterocycles. The van der Waals surface area contributed by atoms with Crippen LogP contribution in [0.3, 0.4) is 0 Å². The molecule has 0 aromatic heterocycles. The van der Waals surface area contributed by atoms with Crippen molar-refractivity contribution in [1.29, 1.82) is 0 Å². The largest absolute Gasteiger partial charge is 0.0953 e. The van der Waals surface area contributed by atoms with E-state index < -0.39 is 0 Å². The van der Waals surface area contributed by atoms with Gasteiger partial charge < -0.3 is 0 Å². The molecule has 0 bridgehead atoms. The normalized spacial score (nSPS) is 43.6. The third-order valence-corrected chi connectivity index (χ3v) is 9.68. The van der Waals surface area contributed by atoms with E-state index in [4.69, 9.17) is 0 Å². The molecule has 4 atom stereocenters. The summed E-state index contributed by atoms with van der Waals surface area (Å²) >= 11 is 0. The molecule has 0 aromatic carbocycles. The van der Waals surface area contributed by atoms with E-state index in [1.165, 1.54) is 24.4 Å². The van der Waals surface area contributed by atoms with Crippen molar-refractivity contribution in [3.05, 3.63) is 0 Å². The third kappa shape index (κ3) is 2.09. The molecule has 1 spiro atoms. The zero-order chi connectivity index (χ0) is 11.9. The number of rotatable bonds is 5. The lowest BCUT2D eigenvalue weighted by Gasteiger charge is -2.24. The maximum absolute atomic E-state index is 2.37. The second-order valence-electron chi connectivity index (χ2n) is 7.11. The predicted octanol–water partition coefficient (Wildman–Crippen LogP) is 5.40. The number of hydrogen-bond donors (Lipinski definition) is 0. The highest BCUT2D eigenvalue weighted by atomic mass is 31.1. The van der Waals surface area contributed by atoms with Gasteiger partial charge in [-0.05, 0) is 55.8 Å². The van der Waals surface area contributed by atoms with Crippen molar-refractivity contribution in [1.82, 2.24) is 0 Å². The fourth-order valence-corrected chi connectivity index (χ4v) is 9.56. The van der Waals surface area contributed by atoms with Crippen molar-refractivity contribution in [2.45, 2.75) is 82.4 Å². The minimum atomic E-state index is 0.493. The Bertz CT molecular complexity index is 273. The number of unbranched alkanes of at least 4 members (excludes halogenated alkanes) is 1. The fraction of sp³-hybridized carbons (Fsp3) is 1.00. The van der Waals surface area contributed by atoms with Crippen LogP contribution in [-0.2, 0) is 0 Å². The summed E-state index contributed by atoms with van der Waals surface area (Å²) in [7, 11) is 0.493. The van der Waals surface area contributed by atoms with Gasteiger partial charge in [-0.3, -0.25) is 0 Å². The molecule has 0 nitrogen and oxygen atoms in total. The molecular weight excluding hydrogens is 223 g/mol. The van der Waals surface area contributed by atoms with Crippen LogP contribution < -0.4 is 0 Å². The molecule has 1 aliphatic heterocycles. The molecule has 98 valence electrons.